The summed E-state index contributed by atoms with van der Waals surface area (Å²) in [5, 5.41) is 2.86. The Balaban J connectivity index is 1.88. The molecule has 1 saturated heterocycles. The van der Waals surface area contributed by atoms with Gasteiger partial charge in [-0.2, -0.15) is 0 Å². The van der Waals surface area contributed by atoms with Gasteiger partial charge in [0, 0.05) is 23.3 Å². The zero-order valence-electron chi connectivity index (χ0n) is 8.79. The fourth-order valence-electron chi connectivity index (χ4n) is 2.14. The lowest BCUT2D eigenvalue weighted by atomic mass is 9.98. The standard InChI is InChI=1S/C11H17ClN2S/c12-10-4-11(15-8-10)7-14-3-1-2-9(5-13)6-14/h4,8-9H,1-3,5-7,13H2. The maximum Gasteiger partial charge on any atom is 0.0516 e. The first-order chi connectivity index (χ1) is 7.28. The van der Waals surface area contributed by atoms with Gasteiger partial charge in [-0.25, -0.2) is 0 Å². The summed E-state index contributed by atoms with van der Waals surface area (Å²) < 4.78 is 0. The quantitative estimate of drug-likeness (QED) is 0.886. The lowest BCUT2D eigenvalue weighted by molar-refractivity contribution is 0.172. The summed E-state index contributed by atoms with van der Waals surface area (Å²) in [5.74, 6) is 0.689. The van der Waals surface area contributed by atoms with Crippen LogP contribution in [-0.2, 0) is 6.54 Å². The third kappa shape index (κ3) is 3.18. The first-order valence-electron chi connectivity index (χ1n) is 5.43. The molecule has 0 spiro atoms. The zero-order chi connectivity index (χ0) is 10.7. The lowest BCUT2D eigenvalue weighted by Crippen LogP contribution is -2.37. The largest absolute Gasteiger partial charge is 0.330 e. The maximum atomic E-state index is 5.91. The van der Waals surface area contributed by atoms with E-state index in [1.807, 2.05) is 5.38 Å². The van der Waals surface area contributed by atoms with Gasteiger partial charge in [0.25, 0.3) is 0 Å². The average Bonchev–Trinajstić information content (AvgIpc) is 2.64. The van der Waals surface area contributed by atoms with Crippen molar-refractivity contribution in [1.29, 1.82) is 0 Å². The number of halogens is 1. The maximum absolute atomic E-state index is 5.91. The summed E-state index contributed by atoms with van der Waals surface area (Å²) in [7, 11) is 0. The van der Waals surface area contributed by atoms with Gasteiger partial charge in [-0.15, -0.1) is 11.3 Å². The number of piperidine rings is 1. The van der Waals surface area contributed by atoms with E-state index in [0.717, 1.165) is 24.7 Å². The van der Waals surface area contributed by atoms with E-state index in [0.29, 0.717) is 5.92 Å². The van der Waals surface area contributed by atoms with Crippen LogP contribution in [0.5, 0.6) is 0 Å². The summed E-state index contributed by atoms with van der Waals surface area (Å²) in [6.07, 6.45) is 2.57. The Kier molecular flexibility index (Phi) is 4.03. The molecule has 0 saturated carbocycles. The highest BCUT2D eigenvalue weighted by Crippen LogP contribution is 2.23. The van der Waals surface area contributed by atoms with Crippen molar-refractivity contribution in [2.24, 2.45) is 11.7 Å². The van der Waals surface area contributed by atoms with Crippen LogP contribution in [0.4, 0.5) is 0 Å². The molecule has 1 aliphatic heterocycles. The number of thiophene rings is 1. The second-order valence-electron chi connectivity index (χ2n) is 4.21. The van der Waals surface area contributed by atoms with Gasteiger partial charge in [0.05, 0.1) is 5.02 Å². The molecule has 2 nitrogen and oxygen atoms in total. The number of rotatable bonds is 3. The van der Waals surface area contributed by atoms with Crippen molar-refractivity contribution in [2.75, 3.05) is 19.6 Å². The van der Waals surface area contributed by atoms with Gasteiger partial charge >= 0.3 is 0 Å². The Morgan fingerprint density at radius 1 is 1.60 bits per heavy atom. The molecule has 2 rings (SSSR count). The summed E-state index contributed by atoms with van der Waals surface area (Å²) in [5.41, 5.74) is 5.72. The lowest BCUT2D eigenvalue weighted by Gasteiger charge is -2.31. The summed E-state index contributed by atoms with van der Waals surface area (Å²) in [6.45, 7) is 4.20. The smallest absolute Gasteiger partial charge is 0.0516 e. The Morgan fingerprint density at radius 3 is 3.13 bits per heavy atom. The van der Waals surface area contributed by atoms with Gasteiger partial charge in [-0.05, 0) is 37.9 Å². The molecule has 4 heteroatoms. The molecule has 0 bridgehead atoms. The van der Waals surface area contributed by atoms with Crippen LogP contribution in [0.25, 0.3) is 0 Å². The molecule has 1 aliphatic rings. The van der Waals surface area contributed by atoms with E-state index in [4.69, 9.17) is 17.3 Å². The van der Waals surface area contributed by atoms with Gasteiger partial charge < -0.3 is 5.73 Å². The first-order valence-corrected chi connectivity index (χ1v) is 6.69. The van der Waals surface area contributed by atoms with Crippen molar-refractivity contribution >= 4 is 22.9 Å². The van der Waals surface area contributed by atoms with E-state index in [1.165, 1.54) is 24.3 Å². The van der Waals surface area contributed by atoms with Crippen molar-refractivity contribution in [3.63, 3.8) is 0 Å². The third-order valence-corrected chi connectivity index (χ3v) is 4.21. The fraction of sp³-hybridized carbons (Fsp3) is 0.636. The molecule has 1 aromatic heterocycles. The molecule has 2 N–H and O–H groups in total. The molecule has 2 heterocycles. The van der Waals surface area contributed by atoms with Crippen LogP contribution in [0.15, 0.2) is 11.4 Å². The van der Waals surface area contributed by atoms with Crippen molar-refractivity contribution in [1.82, 2.24) is 4.90 Å². The van der Waals surface area contributed by atoms with E-state index in [2.05, 4.69) is 11.0 Å². The summed E-state index contributed by atoms with van der Waals surface area (Å²) >= 11 is 7.65. The molecule has 84 valence electrons. The Bertz CT molecular complexity index is 313. The van der Waals surface area contributed by atoms with E-state index >= 15 is 0 Å². The highest BCUT2D eigenvalue weighted by atomic mass is 35.5. The third-order valence-electron chi connectivity index (χ3n) is 2.94. The van der Waals surface area contributed by atoms with Crippen LogP contribution in [0, 0.1) is 5.92 Å². The van der Waals surface area contributed by atoms with E-state index < -0.39 is 0 Å². The average molecular weight is 245 g/mol. The molecule has 1 aromatic rings. The Labute approximate surface area is 100 Å². The molecule has 15 heavy (non-hydrogen) atoms. The SMILES string of the molecule is NCC1CCCN(Cc2cc(Cl)cs2)C1. The second-order valence-corrected chi connectivity index (χ2v) is 5.64. The number of nitrogens with two attached hydrogens (primary N) is 1. The monoisotopic (exact) mass is 244 g/mol. The van der Waals surface area contributed by atoms with Gasteiger partial charge in [0.2, 0.25) is 0 Å². The highest BCUT2D eigenvalue weighted by molar-refractivity contribution is 7.10. The van der Waals surface area contributed by atoms with E-state index in [1.54, 1.807) is 11.3 Å². The van der Waals surface area contributed by atoms with Gasteiger partial charge in [-0.1, -0.05) is 11.6 Å². The zero-order valence-corrected chi connectivity index (χ0v) is 10.4. The highest BCUT2D eigenvalue weighted by Gasteiger charge is 2.18. The van der Waals surface area contributed by atoms with Crippen molar-refractivity contribution in [3.05, 3.63) is 21.3 Å². The molecule has 0 aliphatic carbocycles. The van der Waals surface area contributed by atoms with E-state index in [9.17, 15) is 0 Å². The van der Waals surface area contributed by atoms with Crippen LogP contribution >= 0.6 is 22.9 Å². The Morgan fingerprint density at radius 2 is 2.47 bits per heavy atom. The molecule has 1 fully saturated rings. The minimum atomic E-state index is 0.689. The van der Waals surface area contributed by atoms with Crippen LogP contribution in [0.3, 0.4) is 0 Å². The molecule has 1 atom stereocenters. The van der Waals surface area contributed by atoms with Crippen molar-refractivity contribution < 1.29 is 0 Å². The number of hydrogen-bond donors (Lipinski definition) is 1. The topological polar surface area (TPSA) is 29.3 Å². The fourth-order valence-corrected chi connectivity index (χ4v) is 3.26. The molecular formula is C11H17ClN2S. The number of nitrogens with zero attached hydrogens (tertiary/aromatic N) is 1. The molecule has 0 amide bonds. The molecule has 0 radical (unpaired) electrons. The summed E-state index contributed by atoms with van der Waals surface area (Å²) in [6, 6.07) is 2.07. The minimum Gasteiger partial charge on any atom is -0.330 e. The normalized spacial score (nSPS) is 23.2. The van der Waals surface area contributed by atoms with Crippen LogP contribution in [-0.4, -0.2) is 24.5 Å². The molecular weight excluding hydrogens is 228 g/mol. The minimum absolute atomic E-state index is 0.689. The Hall–Kier alpha value is -0.0900. The van der Waals surface area contributed by atoms with Crippen LogP contribution in [0.1, 0.15) is 17.7 Å². The predicted octanol–water partition coefficient (Wildman–Crippen LogP) is 2.57. The first kappa shape index (κ1) is 11.4. The second kappa shape index (κ2) is 5.30. The number of likely N-dealkylation sites (tertiary alicyclic amines) is 1. The van der Waals surface area contributed by atoms with Crippen molar-refractivity contribution in [2.45, 2.75) is 19.4 Å². The van der Waals surface area contributed by atoms with Gasteiger partial charge in [0.15, 0.2) is 0 Å². The van der Waals surface area contributed by atoms with Gasteiger partial charge in [-0.3, -0.25) is 4.90 Å². The van der Waals surface area contributed by atoms with Crippen molar-refractivity contribution in [3.8, 4) is 0 Å². The number of hydrogen-bond acceptors (Lipinski definition) is 3. The van der Waals surface area contributed by atoms with E-state index in [-0.39, 0.29) is 0 Å². The van der Waals surface area contributed by atoms with Crippen LogP contribution in [0.2, 0.25) is 5.02 Å². The molecule has 0 aromatic carbocycles. The molecule has 1 unspecified atom stereocenters. The summed E-state index contributed by atoms with van der Waals surface area (Å²) in [4.78, 5) is 3.85. The van der Waals surface area contributed by atoms with Gasteiger partial charge in [0.1, 0.15) is 0 Å². The predicted molar refractivity (Wildman–Crippen MR) is 66.4 cm³/mol. The van der Waals surface area contributed by atoms with Crippen LogP contribution < -0.4 is 5.73 Å².